The predicted molar refractivity (Wildman–Crippen MR) is 96.0 cm³/mol. The molecule has 3 rings (SSSR count). The smallest absolute Gasteiger partial charge is 0.326 e. The molecule has 0 bridgehead atoms. The quantitative estimate of drug-likeness (QED) is 0.623. The molecule has 0 saturated carbocycles. The lowest BCUT2D eigenvalue weighted by Crippen LogP contribution is -2.56. The number of carbonyl (C=O) groups excluding carboxylic acids is 3. The van der Waals surface area contributed by atoms with Crippen LogP contribution in [0.15, 0.2) is 18.3 Å². The molecular formula is C19H25N3O5. The van der Waals surface area contributed by atoms with Gasteiger partial charge >= 0.3 is 5.97 Å². The van der Waals surface area contributed by atoms with E-state index in [0.29, 0.717) is 51.0 Å². The molecule has 2 fully saturated rings. The number of likely N-dealkylation sites (tertiary alicyclic amines) is 2. The third kappa shape index (κ3) is 3.61. The van der Waals surface area contributed by atoms with Gasteiger partial charge in [0.25, 0.3) is 11.7 Å². The largest absolute Gasteiger partial charge is 0.480 e. The summed E-state index contributed by atoms with van der Waals surface area (Å²) >= 11 is 0. The molecule has 27 heavy (non-hydrogen) atoms. The molecule has 146 valence electrons. The van der Waals surface area contributed by atoms with E-state index in [1.165, 1.54) is 11.8 Å². The number of aliphatic carboxylic acids is 1. The fourth-order valence-corrected chi connectivity index (χ4v) is 4.07. The van der Waals surface area contributed by atoms with Crippen molar-refractivity contribution in [1.82, 2.24) is 14.4 Å². The summed E-state index contributed by atoms with van der Waals surface area (Å²) in [6.45, 7) is 2.81. The lowest BCUT2D eigenvalue weighted by Gasteiger charge is -2.48. The summed E-state index contributed by atoms with van der Waals surface area (Å²) in [5, 5.41) is 9.24. The van der Waals surface area contributed by atoms with Crippen molar-refractivity contribution in [1.29, 1.82) is 0 Å². The number of nitrogens with zero attached hydrogens (tertiary/aromatic N) is 3. The Labute approximate surface area is 157 Å². The summed E-state index contributed by atoms with van der Waals surface area (Å²) in [6, 6.07) is 2.50. The van der Waals surface area contributed by atoms with E-state index in [-0.39, 0.29) is 11.3 Å². The van der Waals surface area contributed by atoms with Crippen LogP contribution in [0.1, 0.15) is 43.1 Å². The van der Waals surface area contributed by atoms with Crippen molar-refractivity contribution >= 4 is 23.6 Å². The highest BCUT2D eigenvalue weighted by molar-refractivity contribution is 6.42. The minimum Gasteiger partial charge on any atom is -0.480 e. The molecule has 2 amide bonds. The number of piperidine rings is 2. The molecular weight excluding hydrogens is 350 g/mol. The van der Waals surface area contributed by atoms with Crippen molar-refractivity contribution in [3.8, 4) is 0 Å². The number of hydrogen-bond donors (Lipinski definition) is 1. The van der Waals surface area contributed by atoms with E-state index < -0.39 is 23.7 Å². The first kappa shape index (κ1) is 19.1. The summed E-state index contributed by atoms with van der Waals surface area (Å²) < 4.78 is 1.63. The van der Waals surface area contributed by atoms with E-state index in [4.69, 9.17) is 0 Å². The van der Waals surface area contributed by atoms with Crippen molar-refractivity contribution in [3.63, 3.8) is 0 Å². The van der Waals surface area contributed by atoms with Crippen molar-refractivity contribution in [2.24, 2.45) is 12.5 Å². The highest BCUT2D eigenvalue weighted by atomic mass is 16.4. The maximum Gasteiger partial charge on any atom is 0.326 e. The van der Waals surface area contributed by atoms with Crippen LogP contribution in [0.25, 0.3) is 0 Å². The Hall–Kier alpha value is -2.64. The van der Waals surface area contributed by atoms with Gasteiger partial charge in [0.1, 0.15) is 6.04 Å². The van der Waals surface area contributed by atoms with E-state index in [1.807, 2.05) is 0 Å². The van der Waals surface area contributed by atoms with Crippen LogP contribution in [0, 0.1) is 5.41 Å². The number of carboxylic acid groups (broad SMARTS) is 1. The number of aromatic nitrogens is 1. The second-order valence-electron chi connectivity index (χ2n) is 7.66. The first-order valence-corrected chi connectivity index (χ1v) is 9.21. The number of amides is 2. The van der Waals surface area contributed by atoms with Crippen LogP contribution in [0.4, 0.5) is 0 Å². The Morgan fingerprint density at radius 2 is 1.85 bits per heavy atom. The summed E-state index contributed by atoms with van der Waals surface area (Å²) in [5.41, 5.74) is 0.188. The van der Waals surface area contributed by atoms with Gasteiger partial charge in [-0.15, -0.1) is 0 Å². The van der Waals surface area contributed by atoms with Crippen LogP contribution < -0.4 is 0 Å². The monoisotopic (exact) mass is 375 g/mol. The highest BCUT2D eigenvalue weighted by Crippen LogP contribution is 2.40. The summed E-state index contributed by atoms with van der Waals surface area (Å²) in [7, 11) is 1.73. The fourth-order valence-electron chi connectivity index (χ4n) is 4.07. The maximum atomic E-state index is 12.6. The zero-order valence-corrected chi connectivity index (χ0v) is 15.7. The van der Waals surface area contributed by atoms with Gasteiger partial charge in [0, 0.05) is 39.3 Å². The van der Waals surface area contributed by atoms with E-state index in [2.05, 4.69) is 0 Å². The van der Waals surface area contributed by atoms with Gasteiger partial charge < -0.3 is 19.5 Å². The van der Waals surface area contributed by atoms with Gasteiger partial charge in [0.05, 0.1) is 5.69 Å². The fraction of sp³-hybridized carbons (Fsp3) is 0.579. The van der Waals surface area contributed by atoms with Crippen LogP contribution in [0.5, 0.6) is 0 Å². The number of rotatable bonds is 4. The number of carboxylic acids is 1. The zero-order chi connectivity index (χ0) is 19.8. The first-order valence-electron chi connectivity index (χ1n) is 9.21. The SMILES string of the molecule is C[C@H](C(=O)O)N1CC2(CCC1=O)CCN(C(=O)C(=O)c1cccn1C)CC2. The normalized spacial score (nSPS) is 20.6. The Morgan fingerprint density at radius 3 is 2.41 bits per heavy atom. The standard InChI is InChI=1S/C19H25N3O5/c1-13(18(26)27)22-12-19(6-5-15(22)23)7-10-21(11-8-19)17(25)16(24)14-4-3-9-20(14)2/h3-4,9,13H,5-8,10-12H2,1-2H3,(H,26,27)/t13-/m1/s1. The molecule has 1 N–H and O–H groups in total. The zero-order valence-electron chi connectivity index (χ0n) is 15.7. The van der Waals surface area contributed by atoms with Crippen LogP contribution in [-0.4, -0.2) is 68.7 Å². The van der Waals surface area contributed by atoms with Crippen LogP contribution >= 0.6 is 0 Å². The molecule has 2 aliphatic heterocycles. The number of aryl methyl sites for hydroxylation is 1. The number of ketones is 1. The van der Waals surface area contributed by atoms with Crippen LogP contribution in [-0.2, 0) is 21.4 Å². The number of hydrogen-bond acceptors (Lipinski definition) is 4. The van der Waals surface area contributed by atoms with Crippen molar-refractivity contribution in [3.05, 3.63) is 24.0 Å². The van der Waals surface area contributed by atoms with Crippen molar-refractivity contribution < 1.29 is 24.3 Å². The molecule has 2 saturated heterocycles. The van der Waals surface area contributed by atoms with E-state index in [0.717, 1.165) is 0 Å². The molecule has 1 atom stereocenters. The summed E-state index contributed by atoms with van der Waals surface area (Å²) in [4.78, 5) is 51.4. The van der Waals surface area contributed by atoms with Gasteiger partial charge in [-0.25, -0.2) is 4.79 Å². The van der Waals surface area contributed by atoms with Gasteiger partial charge in [-0.3, -0.25) is 14.4 Å². The molecule has 0 unspecified atom stereocenters. The first-order chi connectivity index (χ1) is 12.7. The molecule has 0 radical (unpaired) electrons. The minimum absolute atomic E-state index is 0.132. The summed E-state index contributed by atoms with van der Waals surface area (Å²) in [6.07, 6.45) is 4.07. The van der Waals surface area contributed by atoms with Gasteiger partial charge in [-0.05, 0) is 43.7 Å². The molecule has 8 nitrogen and oxygen atoms in total. The molecule has 8 heteroatoms. The van der Waals surface area contributed by atoms with Crippen molar-refractivity contribution in [2.45, 2.75) is 38.6 Å². The van der Waals surface area contributed by atoms with Gasteiger partial charge in [-0.2, -0.15) is 0 Å². The molecule has 1 spiro atoms. The Balaban J connectivity index is 1.65. The second kappa shape index (κ2) is 7.17. The predicted octanol–water partition coefficient (Wildman–Crippen LogP) is 0.912. The second-order valence-corrected chi connectivity index (χ2v) is 7.66. The molecule has 0 aromatic carbocycles. The Morgan fingerprint density at radius 1 is 1.19 bits per heavy atom. The highest BCUT2D eigenvalue weighted by Gasteiger charge is 2.44. The maximum absolute atomic E-state index is 12.6. The molecule has 0 aliphatic carbocycles. The topological polar surface area (TPSA) is 99.9 Å². The van der Waals surface area contributed by atoms with Crippen molar-refractivity contribution in [2.75, 3.05) is 19.6 Å². The Bertz CT molecular complexity index is 776. The van der Waals surface area contributed by atoms with E-state index >= 15 is 0 Å². The van der Waals surface area contributed by atoms with E-state index in [9.17, 15) is 24.3 Å². The lowest BCUT2D eigenvalue weighted by atomic mass is 9.72. The van der Waals surface area contributed by atoms with Crippen LogP contribution in [0.3, 0.4) is 0 Å². The summed E-state index contributed by atoms with van der Waals surface area (Å²) in [5.74, 6) is -2.17. The van der Waals surface area contributed by atoms with Gasteiger partial charge in [0.15, 0.2) is 0 Å². The average Bonchev–Trinajstić information content (AvgIpc) is 3.08. The van der Waals surface area contributed by atoms with Crippen LogP contribution in [0.2, 0.25) is 0 Å². The third-order valence-corrected chi connectivity index (χ3v) is 6.00. The molecule has 1 aromatic heterocycles. The average molecular weight is 375 g/mol. The van der Waals surface area contributed by atoms with Gasteiger partial charge in [-0.1, -0.05) is 0 Å². The number of carbonyl (C=O) groups is 4. The molecule has 3 heterocycles. The molecule has 2 aliphatic rings. The Kier molecular flexibility index (Phi) is 5.08. The van der Waals surface area contributed by atoms with Gasteiger partial charge in [0.2, 0.25) is 5.91 Å². The minimum atomic E-state index is -1.01. The molecule has 1 aromatic rings. The lowest BCUT2D eigenvalue weighted by molar-refractivity contribution is -0.155. The third-order valence-electron chi connectivity index (χ3n) is 6.00. The van der Waals surface area contributed by atoms with E-state index in [1.54, 1.807) is 34.8 Å². The number of Topliss-reactive ketones (excluding diaryl/α,β-unsaturated/α-hetero) is 1.